The van der Waals surface area contributed by atoms with E-state index in [0.717, 1.165) is 50.9 Å². The van der Waals surface area contributed by atoms with Gasteiger partial charge in [-0.15, -0.1) is 0 Å². The van der Waals surface area contributed by atoms with Crippen LogP contribution in [0.5, 0.6) is 5.75 Å². The summed E-state index contributed by atoms with van der Waals surface area (Å²) < 4.78 is 11.2. The molecule has 1 aromatic heterocycles. The number of piperidine rings is 1. The number of anilines is 4. The van der Waals surface area contributed by atoms with E-state index < -0.39 is 5.60 Å². The van der Waals surface area contributed by atoms with Gasteiger partial charge in [-0.05, 0) is 82.9 Å². The summed E-state index contributed by atoms with van der Waals surface area (Å²) in [5.41, 5.74) is 1.53. The summed E-state index contributed by atoms with van der Waals surface area (Å²) in [4.78, 5) is 53.2. The molecule has 0 unspecified atom stereocenters. The van der Waals surface area contributed by atoms with Crippen molar-refractivity contribution in [3.63, 3.8) is 0 Å². The molecular weight excluding hydrogens is 562 g/mol. The van der Waals surface area contributed by atoms with Gasteiger partial charge in [-0.25, -0.2) is 9.78 Å². The van der Waals surface area contributed by atoms with Crippen LogP contribution in [-0.4, -0.2) is 84.3 Å². The summed E-state index contributed by atoms with van der Waals surface area (Å²) in [6.07, 6.45) is 7.56. The minimum Gasteiger partial charge on any atom is -0.495 e. The van der Waals surface area contributed by atoms with Crippen LogP contribution in [0.15, 0.2) is 24.4 Å². The zero-order valence-electron chi connectivity index (χ0n) is 26.3. The molecule has 1 spiro atoms. The van der Waals surface area contributed by atoms with E-state index in [0.29, 0.717) is 48.1 Å². The Kier molecular flexibility index (Phi) is 7.79. The number of nitrogens with one attached hydrogen (secondary N) is 2. The van der Waals surface area contributed by atoms with Crippen LogP contribution in [0.1, 0.15) is 76.1 Å². The number of carbonyl (C=O) groups excluding carboxylic acids is 3. The predicted octanol–water partition coefficient (Wildman–Crippen LogP) is 4.47. The number of fused-ring (bicyclic) bond motifs is 3. The molecule has 12 nitrogen and oxygen atoms in total. The van der Waals surface area contributed by atoms with E-state index in [2.05, 4.69) is 20.5 Å². The highest BCUT2D eigenvalue weighted by molar-refractivity contribution is 5.98. The van der Waals surface area contributed by atoms with Crippen LogP contribution >= 0.6 is 0 Å². The first kappa shape index (κ1) is 30.0. The van der Waals surface area contributed by atoms with Crippen LogP contribution in [-0.2, 0) is 9.53 Å². The lowest BCUT2D eigenvalue weighted by atomic mass is 9.60. The average Bonchev–Trinajstić information content (AvgIpc) is 3.40. The Hall–Kier alpha value is -4.09. The highest BCUT2D eigenvalue weighted by Crippen LogP contribution is 2.49. The summed E-state index contributed by atoms with van der Waals surface area (Å²) in [7, 11) is 3.33. The molecule has 0 bridgehead atoms. The molecule has 3 amide bonds. The fraction of sp³-hybridized carbons (Fsp3) is 0.594. The SMILES string of the molecule is COc1cc(C(=O)NC2CC3(CCN(C(=O)OC(C)(C)C)CC3)C2)ccc1Nc1ncc2c(n1)N1CCC[C@@H]1CC(=O)N2C. The number of benzene rings is 1. The molecule has 4 aliphatic rings. The van der Waals surface area contributed by atoms with E-state index >= 15 is 0 Å². The maximum atomic E-state index is 13.2. The quantitative estimate of drug-likeness (QED) is 0.507. The second-order valence-electron chi connectivity index (χ2n) is 13.6. The Labute approximate surface area is 258 Å². The third-order valence-electron chi connectivity index (χ3n) is 9.42. The first-order valence-electron chi connectivity index (χ1n) is 15.6. The number of aromatic nitrogens is 2. The highest BCUT2D eigenvalue weighted by atomic mass is 16.6. The minimum absolute atomic E-state index is 0.0705. The molecule has 4 heterocycles. The van der Waals surface area contributed by atoms with Crippen LogP contribution in [0.2, 0.25) is 0 Å². The lowest BCUT2D eigenvalue weighted by Gasteiger charge is -2.52. The van der Waals surface area contributed by atoms with Crippen molar-refractivity contribution in [3.05, 3.63) is 30.0 Å². The molecular formula is C32H43N7O5. The Morgan fingerprint density at radius 3 is 2.57 bits per heavy atom. The van der Waals surface area contributed by atoms with Gasteiger partial charge >= 0.3 is 6.09 Å². The van der Waals surface area contributed by atoms with Crippen molar-refractivity contribution >= 4 is 41.0 Å². The number of amides is 3. The number of rotatable bonds is 5. The Bertz CT molecular complexity index is 1440. The molecule has 1 aliphatic carbocycles. The molecule has 1 saturated carbocycles. The van der Waals surface area contributed by atoms with Gasteiger partial charge in [-0.1, -0.05) is 0 Å². The molecule has 1 atom stereocenters. The molecule has 2 aromatic rings. The number of nitrogens with zero attached hydrogens (tertiary/aromatic N) is 5. The Balaban J connectivity index is 1.06. The summed E-state index contributed by atoms with van der Waals surface area (Å²) in [6, 6.07) is 5.54. The fourth-order valence-corrected chi connectivity index (χ4v) is 6.99. The molecule has 6 rings (SSSR count). The van der Waals surface area contributed by atoms with Gasteiger partial charge in [0.25, 0.3) is 5.91 Å². The molecule has 2 saturated heterocycles. The van der Waals surface area contributed by atoms with Crippen molar-refractivity contribution in [2.45, 2.75) is 83.4 Å². The lowest BCUT2D eigenvalue weighted by Crippen LogP contribution is -2.55. The van der Waals surface area contributed by atoms with Crippen LogP contribution in [0.4, 0.5) is 27.9 Å². The third kappa shape index (κ3) is 5.98. The van der Waals surface area contributed by atoms with E-state index in [1.54, 1.807) is 48.4 Å². The third-order valence-corrected chi connectivity index (χ3v) is 9.42. The molecule has 3 fully saturated rings. The summed E-state index contributed by atoms with van der Waals surface area (Å²) in [5.74, 6) is 1.57. The van der Waals surface area contributed by atoms with E-state index in [-0.39, 0.29) is 35.4 Å². The van der Waals surface area contributed by atoms with Crippen molar-refractivity contribution in [1.29, 1.82) is 0 Å². The van der Waals surface area contributed by atoms with E-state index in [9.17, 15) is 14.4 Å². The molecule has 12 heteroatoms. The first-order valence-corrected chi connectivity index (χ1v) is 15.6. The molecule has 1 aromatic carbocycles. The van der Waals surface area contributed by atoms with E-state index in [4.69, 9.17) is 14.5 Å². The summed E-state index contributed by atoms with van der Waals surface area (Å²) in [5, 5.41) is 6.42. The number of likely N-dealkylation sites (tertiary alicyclic amines) is 1. The Morgan fingerprint density at radius 1 is 1.11 bits per heavy atom. The fourth-order valence-electron chi connectivity index (χ4n) is 6.99. The summed E-state index contributed by atoms with van der Waals surface area (Å²) >= 11 is 0. The first-order chi connectivity index (χ1) is 20.9. The van der Waals surface area contributed by atoms with E-state index in [1.807, 2.05) is 20.8 Å². The lowest BCUT2D eigenvalue weighted by molar-refractivity contribution is -0.118. The van der Waals surface area contributed by atoms with Crippen molar-refractivity contribution in [2.75, 3.05) is 48.9 Å². The minimum atomic E-state index is -0.499. The van der Waals surface area contributed by atoms with Crippen molar-refractivity contribution < 1.29 is 23.9 Å². The second kappa shape index (κ2) is 11.4. The predicted molar refractivity (Wildman–Crippen MR) is 167 cm³/mol. The standard InChI is InChI=1S/C32H43N7O5/c1-31(2,3)44-30(42)38-13-10-32(11-14-38)17-21(18-32)34-28(41)20-8-9-23(25(15-20)43-5)35-29-33-19-24-27(36-29)39-12-6-7-22(39)16-26(40)37(24)4/h8-9,15,19,21-22H,6-7,10-14,16-18H2,1-5H3,(H,34,41)(H,33,35,36)/t22-/m1/s1. The van der Waals surface area contributed by atoms with Crippen molar-refractivity contribution in [3.8, 4) is 5.75 Å². The van der Waals surface area contributed by atoms with Crippen LogP contribution in [0.25, 0.3) is 0 Å². The molecule has 236 valence electrons. The zero-order valence-corrected chi connectivity index (χ0v) is 26.3. The van der Waals surface area contributed by atoms with E-state index in [1.165, 1.54) is 0 Å². The number of ether oxygens (including phenoxy) is 2. The molecule has 2 N–H and O–H groups in total. The van der Waals surface area contributed by atoms with Crippen LogP contribution in [0.3, 0.4) is 0 Å². The number of methoxy groups -OCH3 is 1. The van der Waals surface area contributed by atoms with Gasteiger partial charge in [0.15, 0.2) is 5.82 Å². The van der Waals surface area contributed by atoms with Gasteiger partial charge in [0.2, 0.25) is 11.9 Å². The second-order valence-corrected chi connectivity index (χ2v) is 13.6. The van der Waals surface area contributed by atoms with Gasteiger partial charge in [0.1, 0.15) is 17.0 Å². The van der Waals surface area contributed by atoms with Gasteiger partial charge < -0.3 is 34.8 Å². The van der Waals surface area contributed by atoms with Gasteiger partial charge in [0.05, 0.1) is 19.0 Å². The van der Waals surface area contributed by atoms with Crippen LogP contribution in [0, 0.1) is 5.41 Å². The number of hydrogen-bond donors (Lipinski definition) is 2. The molecule has 0 radical (unpaired) electrons. The van der Waals surface area contributed by atoms with Gasteiger partial charge in [0, 0.05) is 50.7 Å². The zero-order chi connectivity index (χ0) is 31.2. The highest BCUT2D eigenvalue weighted by Gasteiger charge is 2.47. The van der Waals surface area contributed by atoms with Crippen molar-refractivity contribution in [1.82, 2.24) is 20.2 Å². The normalized spacial score (nSPS) is 21.2. The number of hydrogen-bond acceptors (Lipinski definition) is 9. The Morgan fingerprint density at radius 2 is 1.86 bits per heavy atom. The van der Waals surface area contributed by atoms with Crippen molar-refractivity contribution in [2.24, 2.45) is 5.41 Å². The summed E-state index contributed by atoms with van der Waals surface area (Å²) in [6.45, 7) is 7.86. The topological polar surface area (TPSA) is 129 Å². The average molecular weight is 606 g/mol. The smallest absolute Gasteiger partial charge is 0.410 e. The maximum absolute atomic E-state index is 13.2. The maximum Gasteiger partial charge on any atom is 0.410 e. The van der Waals surface area contributed by atoms with Gasteiger partial charge in [-0.3, -0.25) is 9.59 Å². The van der Waals surface area contributed by atoms with Gasteiger partial charge in [-0.2, -0.15) is 4.98 Å². The number of carbonyl (C=O) groups is 3. The molecule has 44 heavy (non-hydrogen) atoms. The molecule has 3 aliphatic heterocycles. The monoisotopic (exact) mass is 605 g/mol. The largest absolute Gasteiger partial charge is 0.495 e. The van der Waals surface area contributed by atoms with Crippen LogP contribution < -0.4 is 25.2 Å².